The van der Waals surface area contributed by atoms with E-state index < -0.39 is 0 Å². The second-order valence-electron chi connectivity index (χ2n) is 5.73. The van der Waals surface area contributed by atoms with E-state index in [0.29, 0.717) is 38.5 Å². The lowest BCUT2D eigenvalue weighted by molar-refractivity contribution is 0.0298. The Labute approximate surface area is 133 Å². The summed E-state index contributed by atoms with van der Waals surface area (Å²) < 4.78 is 13.1. The highest BCUT2D eigenvalue weighted by atomic mass is 16.5. The molecule has 2 aliphatic heterocycles. The maximum Gasteiger partial charge on any atom is 0.274 e. The molecule has 120 valence electrons. The van der Waals surface area contributed by atoms with Gasteiger partial charge in [-0.1, -0.05) is 0 Å². The zero-order valence-electron chi connectivity index (χ0n) is 12.7. The van der Waals surface area contributed by atoms with Crippen molar-refractivity contribution in [2.24, 2.45) is 0 Å². The summed E-state index contributed by atoms with van der Waals surface area (Å²) in [6, 6.07) is 5.57. The Morgan fingerprint density at radius 2 is 2.04 bits per heavy atom. The second-order valence-corrected chi connectivity index (χ2v) is 5.73. The molecule has 0 N–H and O–H groups in total. The Bertz CT molecular complexity index is 671. The molecule has 1 amide bonds. The van der Waals surface area contributed by atoms with Crippen molar-refractivity contribution < 1.29 is 14.3 Å². The summed E-state index contributed by atoms with van der Waals surface area (Å²) in [5.41, 5.74) is 1.56. The van der Waals surface area contributed by atoms with Crippen LogP contribution in [0.4, 0.5) is 0 Å². The second kappa shape index (κ2) is 6.00. The molecular weight excluding hydrogens is 296 g/mol. The van der Waals surface area contributed by atoms with Crippen LogP contribution in [0.5, 0.6) is 5.75 Å². The molecule has 7 heteroatoms. The average molecular weight is 314 g/mol. The number of hydrogen-bond donors (Lipinski definition) is 0. The molecule has 7 nitrogen and oxygen atoms in total. The Morgan fingerprint density at radius 3 is 2.78 bits per heavy atom. The summed E-state index contributed by atoms with van der Waals surface area (Å²) >= 11 is 0. The maximum atomic E-state index is 12.4. The maximum absolute atomic E-state index is 12.4. The monoisotopic (exact) mass is 314 g/mol. The molecule has 0 spiro atoms. The van der Waals surface area contributed by atoms with Crippen LogP contribution < -0.4 is 4.74 Å². The zero-order valence-corrected chi connectivity index (χ0v) is 12.7. The van der Waals surface area contributed by atoms with Crippen LogP contribution in [0.25, 0.3) is 0 Å². The quantitative estimate of drug-likeness (QED) is 0.836. The van der Waals surface area contributed by atoms with Gasteiger partial charge in [0.25, 0.3) is 5.91 Å². The van der Waals surface area contributed by atoms with E-state index in [-0.39, 0.29) is 12.0 Å². The summed E-state index contributed by atoms with van der Waals surface area (Å²) in [5.74, 6) is 0.794. The first-order valence-electron chi connectivity index (χ1n) is 7.80. The van der Waals surface area contributed by atoms with Crippen molar-refractivity contribution in [2.75, 3.05) is 26.3 Å². The molecule has 2 aromatic heterocycles. The van der Waals surface area contributed by atoms with Gasteiger partial charge in [0, 0.05) is 37.6 Å². The van der Waals surface area contributed by atoms with Gasteiger partial charge >= 0.3 is 0 Å². The van der Waals surface area contributed by atoms with Crippen molar-refractivity contribution in [3.05, 3.63) is 42.0 Å². The largest absolute Gasteiger partial charge is 0.488 e. The number of ether oxygens (including phenoxy) is 2. The van der Waals surface area contributed by atoms with Gasteiger partial charge in [0.2, 0.25) is 0 Å². The number of pyridine rings is 1. The minimum absolute atomic E-state index is 0.0122. The molecule has 0 bridgehead atoms. The predicted octanol–water partition coefficient (Wildman–Crippen LogP) is 0.754. The number of aromatic nitrogens is 3. The van der Waals surface area contributed by atoms with Crippen molar-refractivity contribution in [3.63, 3.8) is 0 Å². The van der Waals surface area contributed by atoms with Crippen LogP contribution in [-0.4, -0.2) is 58.0 Å². The highest BCUT2D eigenvalue weighted by Crippen LogP contribution is 2.21. The number of rotatable bonds is 3. The highest BCUT2D eigenvalue weighted by molar-refractivity contribution is 5.92. The molecule has 0 radical (unpaired) electrons. The fraction of sp³-hybridized carbons (Fsp3) is 0.438. The normalized spacial score (nSPS) is 20.3. The molecule has 0 unspecified atom stereocenters. The fourth-order valence-electron chi connectivity index (χ4n) is 2.99. The zero-order chi connectivity index (χ0) is 15.6. The van der Waals surface area contributed by atoms with Gasteiger partial charge in [-0.15, -0.1) is 0 Å². The number of carbonyl (C=O) groups excluding carboxylic acids is 1. The Kier molecular flexibility index (Phi) is 3.70. The van der Waals surface area contributed by atoms with Crippen LogP contribution in [0.3, 0.4) is 0 Å². The lowest BCUT2D eigenvalue weighted by atomic mass is 10.2. The molecule has 0 aliphatic carbocycles. The molecule has 0 saturated carbocycles. The van der Waals surface area contributed by atoms with E-state index in [9.17, 15) is 4.79 Å². The molecule has 4 heterocycles. The average Bonchev–Trinajstić information content (AvgIpc) is 3.14. The molecule has 1 fully saturated rings. The van der Waals surface area contributed by atoms with Gasteiger partial charge in [-0.25, -0.2) is 0 Å². The summed E-state index contributed by atoms with van der Waals surface area (Å²) in [5, 5.41) is 4.45. The third-order valence-electron chi connectivity index (χ3n) is 4.15. The van der Waals surface area contributed by atoms with Gasteiger partial charge in [0.05, 0.1) is 19.8 Å². The summed E-state index contributed by atoms with van der Waals surface area (Å²) in [6.07, 6.45) is 4.22. The fourth-order valence-corrected chi connectivity index (χ4v) is 2.99. The lowest BCUT2D eigenvalue weighted by Crippen LogP contribution is -2.41. The third kappa shape index (κ3) is 2.92. The Balaban J connectivity index is 1.41. The van der Waals surface area contributed by atoms with E-state index in [0.717, 1.165) is 17.9 Å². The van der Waals surface area contributed by atoms with E-state index in [1.807, 2.05) is 22.9 Å². The van der Waals surface area contributed by atoms with Crippen molar-refractivity contribution in [2.45, 2.75) is 19.1 Å². The van der Waals surface area contributed by atoms with Crippen LogP contribution in [0.1, 0.15) is 16.2 Å². The third-order valence-corrected chi connectivity index (χ3v) is 4.15. The van der Waals surface area contributed by atoms with E-state index in [2.05, 4.69) is 10.1 Å². The highest BCUT2D eigenvalue weighted by Gasteiger charge is 2.28. The number of carbonyl (C=O) groups is 1. The van der Waals surface area contributed by atoms with Gasteiger partial charge in [0.15, 0.2) is 5.69 Å². The topological polar surface area (TPSA) is 69.5 Å². The molecule has 1 saturated heterocycles. The van der Waals surface area contributed by atoms with Crippen LogP contribution in [0.2, 0.25) is 0 Å². The Morgan fingerprint density at radius 1 is 1.26 bits per heavy atom. The smallest absolute Gasteiger partial charge is 0.274 e. The van der Waals surface area contributed by atoms with Crippen molar-refractivity contribution in [3.8, 4) is 5.75 Å². The molecule has 2 aromatic rings. The van der Waals surface area contributed by atoms with Crippen molar-refractivity contribution in [1.29, 1.82) is 0 Å². The first-order valence-corrected chi connectivity index (χ1v) is 7.80. The summed E-state index contributed by atoms with van der Waals surface area (Å²) in [7, 11) is 0. The molecule has 0 aromatic carbocycles. The van der Waals surface area contributed by atoms with Crippen molar-refractivity contribution >= 4 is 5.91 Å². The number of fused-ring (bicyclic) bond motifs is 1. The van der Waals surface area contributed by atoms with E-state index in [1.54, 1.807) is 17.3 Å². The summed E-state index contributed by atoms with van der Waals surface area (Å²) in [6.45, 7) is 3.12. The molecule has 4 rings (SSSR count). The van der Waals surface area contributed by atoms with E-state index in [4.69, 9.17) is 9.47 Å². The minimum atomic E-state index is -0.0122. The van der Waals surface area contributed by atoms with E-state index >= 15 is 0 Å². The number of morpholine rings is 1. The molecule has 1 atom stereocenters. The number of amides is 1. The Hall–Kier alpha value is -2.41. The van der Waals surface area contributed by atoms with Gasteiger partial charge in [-0.05, 0) is 18.2 Å². The summed E-state index contributed by atoms with van der Waals surface area (Å²) in [4.78, 5) is 18.2. The first kappa shape index (κ1) is 14.2. The lowest BCUT2D eigenvalue weighted by Gasteiger charge is -2.26. The standard InChI is InChI=1S/C16H18N4O3/c21-16(19-5-7-22-8-6-19)15-10-12-9-14(11-20(12)18-15)23-13-1-3-17-4-2-13/h1-4,10,14H,5-9,11H2/t14-/m0/s1. The van der Waals surface area contributed by atoms with E-state index in [1.165, 1.54) is 0 Å². The van der Waals surface area contributed by atoms with Crippen LogP contribution in [-0.2, 0) is 17.7 Å². The van der Waals surface area contributed by atoms with Crippen LogP contribution >= 0.6 is 0 Å². The van der Waals surface area contributed by atoms with Gasteiger partial charge in [0.1, 0.15) is 11.9 Å². The van der Waals surface area contributed by atoms with Gasteiger partial charge in [-0.2, -0.15) is 5.10 Å². The number of nitrogens with zero attached hydrogens (tertiary/aromatic N) is 4. The van der Waals surface area contributed by atoms with Gasteiger partial charge < -0.3 is 14.4 Å². The van der Waals surface area contributed by atoms with Crippen molar-refractivity contribution in [1.82, 2.24) is 19.7 Å². The molecule has 2 aliphatic rings. The first-order chi connectivity index (χ1) is 11.3. The SMILES string of the molecule is O=C(c1cc2n(n1)C[C@@H](Oc1ccncc1)C2)N1CCOCC1. The number of hydrogen-bond acceptors (Lipinski definition) is 5. The molecule has 23 heavy (non-hydrogen) atoms. The van der Waals surface area contributed by atoms with Gasteiger partial charge in [-0.3, -0.25) is 14.5 Å². The minimum Gasteiger partial charge on any atom is -0.488 e. The predicted molar refractivity (Wildman–Crippen MR) is 81.3 cm³/mol. The van der Waals surface area contributed by atoms with Crippen LogP contribution in [0.15, 0.2) is 30.6 Å². The van der Waals surface area contributed by atoms with Crippen LogP contribution in [0, 0.1) is 0 Å². The molecular formula is C16H18N4O3.